The van der Waals surface area contributed by atoms with Crippen molar-refractivity contribution in [3.63, 3.8) is 0 Å². The molecule has 19 heavy (non-hydrogen) atoms. The molecular formula is C16H27N3. The van der Waals surface area contributed by atoms with Crippen molar-refractivity contribution >= 4 is 5.82 Å². The number of pyridine rings is 1. The highest BCUT2D eigenvalue weighted by Gasteiger charge is 2.22. The monoisotopic (exact) mass is 261 g/mol. The summed E-state index contributed by atoms with van der Waals surface area (Å²) >= 11 is 0. The van der Waals surface area contributed by atoms with Crippen LogP contribution in [0.15, 0.2) is 18.3 Å². The molecule has 2 N–H and O–H groups in total. The van der Waals surface area contributed by atoms with E-state index >= 15 is 0 Å². The molecule has 1 fully saturated rings. The second kappa shape index (κ2) is 6.90. The Morgan fingerprint density at radius 1 is 1.32 bits per heavy atom. The van der Waals surface area contributed by atoms with Crippen molar-refractivity contribution in [2.75, 3.05) is 11.4 Å². The Balaban J connectivity index is 2.03. The van der Waals surface area contributed by atoms with Crippen molar-refractivity contribution in [2.24, 2.45) is 5.73 Å². The summed E-state index contributed by atoms with van der Waals surface area (Å²) in [6.07, 6.45) is 9.32. The molecule has 1 heterocycles. The second-order valence-electron chi connectivity index (χ2n) is 5.62. The highest BCUT2D eigenvalue weighted by Crippen LogP contribution is 2.26. The van der Waals surface area contributed by atoms with E-state index < -0.39 is 0 Å². The van der Waals surface area contributed by atoms with Crippen LogP contribution >= 0.6 is 0 Å². The largest absolute Gasteiger partial charge is 0.354 e. The summed E-state index contributed by atoms with van der Waals surface area (Å²) in [4.78, 5) is 7.11. The molecule has 0 saturated heterocycles. The van der Waals surface area contributed by atoms with Crippen LogP contribution in [-0.2, 0) is 6.42 Å². The van der Waals surface area contributed by atoms with Gasteiger partial charge in [-0.3, -0.25) is 0 Å². The summed E-state index contributed by atoms with van der Waals surface area (Å²) in [6.45, 7) is 5.40. The summed E-state index contributed by atoms with van der Waals surface area (Å²) in [7, 11) is 0. The summed E-state index contributed by atoms with van der Waals surface area (Å²) in [5.74, 6) is 1.13. The summed E-state index contributed by atoms with van der Waals surface area (Å²) in [6, 6.07) is 5.31. The fourth-order valence-electron chi connectivity index (χ4n) is 2.98. The SMILES string of the molecule is CCC(N)Cc1ccc(N(CC)C2CCCC2)nc1. The molecule has 0 radical (unpaired) electrons. The Morgan fingerprint density at radius 2 is 2.05 bits per heavy atom. The number of hydrogen-bond donors (Lipinski definition) is 1. The first-order valence-corrected chi connectivity index (χ1v) is 7.71. The smallest absolute Gasteiger partial charge is 0.128 e. The third-order valence-electron chi connectivity index (χ3n) is 4.23. The van der Waals surface area contributed by atoms with Crippen LogP contribution < -0.4 is 10.6 Å². The summed E-state index contributed by atoms with van der Waals surface area (Å²) in [5, 5.41) is 0. The Labute approximate surface area is 117 Å². The van der Waals surface area contributed by atoms with Gasteiger partial charge in [0.2, 0.25) is 0 Å². The van der Waals surface area contributed by atoms with Crippen LogP contribution in [0.25, 0.3) is 0 Å². The molecule has 0 aliphatic heterocycles. The standard InChI is InChI=1S/C16H27N3/c1-3-14(17)11-13-9-10-16(18-12-13)19(4-2)15-7-5-6-8-15/h9-10,12,14-15H,3-8,11,17H2,1-2H3. The van der Waals surface area contributed by atoms with Crippen LogP contribution in [0, 0.1) is 0 Å². The van der Waals surface area contributed by atoms with Crippen LogP contribution in [0.3, 0.4) is 0 Å². The first kappa shape index (κ1) is 14.3. The highest BCUT2D eigenvalue weighted by molar-refractivity contribution is 5.40. The van der Waals surface area contributed by atoms with Crippen LogP contribution in [0.1, 0.15) is 51.5 Å². The molecule has 1 aliphatic rings. The Hall–Kier alpha value is -1.09. The maximum absolute atomic E-state index is 5.99. The maximum Gasteiger partial charge on any atom is 0.128 e. The van der Waals surface area contributed by atoms with E-state index in [2.05, 4.69) is 35.9 Å². The number of rotatable bonds is 6. The van der Waals surface area contributed by atoms with Gasteiger partial charge in [0.15, 0.2) is 0 Å². The van der Waals surface area contributed by atoms with Gasteiger partial charge in [0.25, 0.3) is 0 Å². The van der Waals surface area contributed by atoms with Crippen molar-refractivity contribution < 1.29 is 0 Å². The minimum absolute atomic E-state index is 0.254. The zero-order valence-corrected chi connectivity index (χ0v) is 12.3. The quantitative estimate of drug-likeness (QED) is 0.855. The minimum atomic E-state index is 0.254. The van der Waals surface area contributed by atoms with Gasteiger partial charge in [-0.2, -0.15) is 0 Å². The molecule has 0 aromatic carbocycles. The molecule has 0 spiro atoms. The van der Waals surface area contributed by atoms with E-state index in [0.29, 0.717) is 6.04 Å². The maximum atomic E-state index is 5.99. The van der Waals surface area contributed by atoms with Gasteiger partial charge in [-0.1, -0.05) is 25.8 Å². The van der Waals surface area contributed by atoms with Crippen molar-refractivity contribution in [3.8, 4) is 0 Å². The fraction of sp³-hybridized carbons (Fsp3) is 0.688. The number of nitrogens with two attached hydrogens (primary N) is 1. The minimum Gasteiger partial charge on any atom is -0.354 e. The normalized spacial score (nSPS) is 17.6. The second-order valence-corrected chi connectivity index (χ2v) is 5.62. The van der Waals surface area contributed by atoms with Gasteiger partial charge in [0.05, 0.1) is 0 Å². The predicted molar refractivity (Wildman–Crippen MR) is 81.5 cm³/mol. The molecule has 1 aliphatic carbocycles. The molecule has 1 aromatic heterocycles. The zero-order valence-electron chi connectivity index (χ0n) is 12.3. The first-order valence-electron chi connectivity index (χ1n) is 7.71. The average Bonchev–Trinajstić information content (AvgIpc) is 2.95. The Bertz CT molecular complexity index is 368. The molecule has 3 heteroatoms. The molecule has 1 unspecified atom stereocenters. The number of aromatic nitrogens is 1. The predicted octanol–water partition coefficient (Wildman–Crippen LogP) is 3.13. The first-order chi connectivity index (χ1) is 9.24. The van der Waals surface area contributed by atoms with Crippen molar-refractivity contribution in [1.82, 2.24) is 4.98 Å². The topological polar surface area (TPSA) is 42.1 Å². The Morgan fingerprint density at radius 3 is 2.58 bits per heavy atom. The zero-order chi connectivity index (χ0) is 13.7. The van der Waals surface area contributed by atoms with Gasteiger partial charge in [0.1, 0.15) is 5.82 Å². The summed E-state index contributed by atoms with van der Waals surface area (Å²) < 4.78 is 0. The van der Waals surface area contributed by atoms with Crippen LogP contribution in [-0.4, -0.2) is 23.6 Å². The molecule has 0 amide bonds. The van der Waals surface area contributed by atoms with Gasteiger partial charge >= 0.3 is 0 Å². The van der Waals surface area contributed by atoms with E-state index in [1.54, 1.807) is 0 Å². The van der Waals surface area contributed by atoms with E-state index in [0.717, 1.165) is 25.2 Å². The van der Waals surface area contributed by atoms with Crippen molar-refractivity contribution in [2.45, 2.75) is 64.5 Å². The van der Waals surface area contributed by atoms with Crippen molar-refractivity contribution in [1.29, 1.82) is 0 Å². The molecule has 2 rings (SSSR count). The summed E-state index contributed by atoms with van der Waals surface area (Å²) in [5.41, 5.74) is 7.24. The van der Waals surface area contributed by atoms with E-state index in [1.807, 2.05) is 6.20 Å². The Kier molecular flexibility index (Phi) is 5.20. The molecule has 1 atom stereocenters. The lowest BCUT2D eigenvalue weighted by molar-refractivity contribution is 0.611. The van der Waals surface area contributed by atoms with Gasteiger partial charge < -0.3 is 10.6 Å². The number of hydrogen-bond acceptors (Lipinski definition) is 3. The van der Waals surface area contributed by atoms with E-state index in [1.165, 1.54) is 31.2 Å². The van der Waals surface area contributed by atoms with Crippen molar-refractivity contribution in [3.05, 3.63) is 23.9 Å². The van der Waals surface area contributed by atoms with Crippen LogP contribution in [0.5, 0.6) is 0 Å². The highest BCUT2D eigenvalue weighted by atomic mass is 15.2. The lowest BCUT2D eigenvalue weighted by atomic mass is 10.1. The van der Waals surface area contributed by atoms with Crippen LogP contribution in [0.4, 0.5) is 5.82 Å². The fourth-order valence-corrected chi connectivity index (χ4v) is 2.98. The molecule has 1 saturated carbocycles. The van der Waals surface area contributed by atoms with E-state index in [9.17, 15) is 0 Å². The molecule has 3 nitrogen and oxygen atoms in total. The number of anilines is 1. The van der Waals surface area contributed by atoms with E-state index in [-0.39, 0.29) is 6.04 Å². The lowest BCUT2D eigenvalue weighted by Gasteiger charge is -2.28. The molecule has 106 valence electrons. The van der Waals surface area contributed by atoms with Gasteiger partial charge in [-0.05, 0) is 44.2 Å². The number of nitrogens with zero attached hydrogens (tertiary/aromatic N) is 2. The third kappa shape index (κ3) is 3.69. The molecule has 1 aromatic rings. The lowest BCUT2D eigenvalue weighted by Crippen LogP contribution is -2.33. The third-order valence-corrected chi connectivity index (χ3v) is 4.23. The molecular weight excluding hydrogens is 234 g/mol. The van der Waals surface area contributed by atoms with Gasteiger partial charge in [-0.15, -0.1) is 0 Å². The van der Waals surface area contributed by atoms with Crippen LogP contribution in [0.2, 0.25) is 0 Å². The average molecular weight is 261 g/mol. The van der Waals surface area contributed by atoms with Gasteiger partial charge in [-0.25, -0.2) is 4.98 Å². The molecule has 0 bridgehead atoms. The van der Waals surface area contributed by atoms with E-state index in [4.69, 9.17) is 5.73 Å². The van der Waals surface area contributed by atoms with Gasteiger partial charge in [0, 0.05) is 24.8 Å².